The molecule has 0 bridgehead atoms. The third-order valence-electron chi connectivity index (χ3n) is 5.32. The Bertz CT molecular complexity index is 1100. The van der Waals surface area contributed by atoms with Gasteiger partial charge in [-0.15, -0.1) is 0 Å². The number of unbranched alkanes of at least 4 members (excludes halogenated alkanes) is 3. The lowest BCUT2D eigenvalue weighted by Crippen LogP contribution is -2.11. The molecule has 0 aliphatic rings. The fraction of sp³-hybridized carbons (Fsp3) is 0.231. The van der Waals surface area contributed by atoms with Gasteiger partial charge in [0, 0.05) is 29.2 Å². The van der Waals surface area contributed by atoms with Gasteiger partial charge in [-0.05, 0) is 54.8 Å². The number of benzene rings is 2. The fourth-order valence-corrected chi connectivity index (χ4v) is 3.61. The number of pyridine rings is 1. The second-order valence-electron chi connectivity index (χ2n) is 7.63. The number of aromatic nitrogens is 2. The minimum absolute atomic E-state index is 0.0975. The molecule has 0 atom stereocenters. The van der Waals surface area contributed by atoms with Gasteiger partial charge in [-0.2, -0.15) is 0 Å². The van der Waals surface area contributed by atoms with Gasteiger partial charge in [0.1, 0.15) is 5.65 Å². The summed E-state index contributed by atoms with van der Waals surface area (Å²) in [6.07, 6.45) is 10.0. The molecule has 0 unspecified atom stereocenters. The summed E-state index contributed by atoms with van der Waals surface area (Å²) in [5.41, 5.74) is 5.47. The first-order valence-electron chi connectivity index (χ1n) is 10.7. The molecule has 0 saturated heterocycles. The summed E-state index contributed by atoms with van der Waals surface area (Å²) in [4.78, 5) is 17.3. The van der Waals surface area contributed by atoms with Gasteiger partial charge >= 0.3 is 0 Å². The van der Waals surface area contributed by atoms with Gasteiger partial charge in [-0.3, -0.25) is 4.79 Å². The van der Waals surface area contributed by atoms with Crippen LogP contribution < -0.4 is 5.32 Å². The lowest BCUT2D eigenvalue weighted by Gasteiger charge is -2.08. The van der Waals surface area contributed by atoms with Crippen molar-refractivity contribution >= 4 is 17.2 Å². The SMILES string of the molecule is CCCCCCc1ccc(C(=O)Nc2cccc(-c3cn4ccccc4n3)c2)cc1. The Morgan fingerprint density at radius 2 is 1.83 bits per heavy atom. The van der Waals surface area contributed by atoms with Crippen molar-refractivity contribution in [3.63, 3.8) is 0 Å². The summed E-state index contributed by atoms with van der Waals surface area (Å²) >= 11 is 0. The average Bonchev–Trinajstić information content (AvgIpc) is 3.22. The average molecular weight is 398 g/mol. The van der Waals surface area contributed by atoms with Crippen molar-refractivity contribution in [3.05, 3.63) is 90.3 Å². The number of aryl methyl sites for hydroxylation is 1. The number of hydrogen-bond acceptors (Lipinski definition) is 2. The summed E-state index contributed by atoms with van der Waals surface area (Å²) in [6, 6.07) is 21.7. The quantitative estimate of drug-likeness (QED) is 0.351. The van der Waals surface area contributed by atoms with Gasteiger partial charge in [0.25, 0.3) is 5.91 Å². The topological polar surface area (TPSA) is 46.4 Å². The van der Waals surface area contributed by atoms with Crippen LogP contribution in [0, 0.1) is 0 Å². The van der Waals surface area contributed by atoms with Crippen LogP contribution in [0.1, 0.15) is 48.5 Å². The van der Waals surface area contributed by atoms with E-state index < -0.39 is 0 Å². The Hall–Kier alpha value is -3.40. The number of rotatable bonds is 8. The van der Waals surface area contributed by atoms with Crippen molar-refractivity contribution in [1.29, 1.82) is 0 Å². The molecule has 0 radical (unpaired) electrons. The van der Waals surface area contributed by atoms with E-state index in [1.165, 1.54) is 31.2 Å². The summed E-state index contributed by atoms with van der Waals surface area (Å²) in [5, 5.41) is 3.01. The largest absolute Gasteiger partial charge is 0.322 e. The smallest absolute Gasteiger partial charge is 0.255 e. The van der Waals surface area contributed by atoms with Crippen molar-refractivity contribution in [2.24, 2.45) is 0 Å². The molecule has 4 rings (SSSR count). The van der Waals surface area contributed by atoms with Crippen LogP contribution >= 0.6 is 0 Å². The molecule has 152 valence electrons. The van der Waals surface area contributed by atoms with Crippen LogP contribution in [0.5, 0.6) is 0 Å². The molecule has 4 heteroatoms. The predicted octanol–water partition coefficient (Wildman–Crippen LogP) is 6.38. The molecule has 2 aromatic carbocycles. The van der Waals surface area contributed by atoms with Crippen LogP contribution in [0.15, 0.2) is 79.1 Å². The lowest BCUT2D eigenvalue weighted by atomic mass is 10.0. The Kier molecular flexibility index (Phi) is 6.23. The van der Waals surface area contributed by atoms with E-state index in [9.17, 15) is 4.79 Å². The van der Waals surface area contributed by atoms with Crippen LogP contribution in [0.3, 0.4) is 0 Å². The van der Waals surface area contributed by atoms with Crippen LogP contribution in [-0.4, -0.2) is 15.3 Å². The van der Waals surface area contributed by atoms with E-state index in [4.69, 9.17) is 0 Å². The molecule has 30 heavy (non-hydrogen) atoms. The van der Waals surface area contributed by atoms with Gasteiger partial charge in [0.2, 0.25) is 0 Å². The van der Waals surface area contributed by atoms with Crippen molar-refractivity contribution in [2.45, 2.75) is 39.0 Å². The second kappa shape index (κ2) is 9.40. The summed E-state index contributed by atoms with van der Waals surface area (Å²) in [5.74, 6) is -0.0975. The Morgan fingerprint density at radius 1 is 0.967 bits per heavy atom. The predicted molar refractivity (Wildman–Crippen MR) is 123 cm³/mol. The minimum Gasteiger partial charge on any atom is -0.322 e. The highest BCUT2D eigenvalue weighted by atomic mass is 16.1. The molecule has 0 aliphatic heterocycles. The number of carbonyl (C=O) groups is 1. The monoisotopic (exact) mass is 397 g/mol. The zero-order chi connectivity index (χ0) is 20.8. The first-order valence-corrected chi connectivity index (χ1v) is 10.7. The highest BCUT2D eigenvalue weighted by molar-refractivity contribution is 6.04. The van der Waals surface area contributed by atoms with Crippen LogP contribution in [0.25, 0.3) is 16.9 Å². The maximum Gasteiger partial charge on any atom is 0.255 e. The maximum absolute atomic E-state index is 12.7. The molecule has 1 amide bonds. The van der Waals surface area contributed by atoms with Crippen LogP contribution in [0.2, 0.25) is 0 Å². The van der Waals surface area contributed by atoms with E-state index in [0.29, 0.717) is 5.56 Å². The zero-order valence-electron chi connectivity index (χ0n) is 17.3. The van der Waals surface area contributed by atoms with E-state index >= 15 is 0 Å². The second-order valence-corrected chi connectivity index (χ2v) is 7.63. The number of fused-ring (bicyclic) bond motifs is 1. The minimum atomic E-state index is -0.0975. The first-order chi connectivity index (χ1) is 14.7. The fourth-order valence-electron chi connectivity index (χ4n) is 3.61. The number of carbonyl (C=O) groups excluding carboxylic acids is 1. The number of amides is 1. The molecule has 1 N–H and O–H groups in total. The van der Waals surface area contributed by atoms with E-state index in [0.717, 1.165) is 29.0 Å². The molecular formula is C26H27N3O. The van der Waals surface area contributed by atoms with Gasteiger partial charge in [0.15, 0.2) is 0 Å². The molecule has 0 fully saturated rings. The highest BCUT2D eigenvalue weighted by Crippen LogP contribution is 2.23. The number of anilines is 1. The van der Waals surface area contributed by atoms with Crippen LogP contribution in [-0.2, 0) is 6.42 Å². The Balaban J connectivity index is 1.42. The van der Waals surface area contributed by atoms with Crippen LogP contribution in [0.4, 0.5) is 5.69 Å². The van der Waals surface area contributed by atoms with Gasteiger partial charge < -0.3 is 9.72 Å². The third-order valence-corrected chi connectivity index (χ3v) is 5.32. The van der Waals surface area contributed by atoms with Gasteiger partial charge in [-0.1, -0.05) is 56.5 Å². The standard InChI is InChI=1S/C26H27N3O/c1-2-3-4-5-9-20-13-15-21(16-14-20)26(30)27-23-11-8-10-22(18-23)24-19-29-17-7-6-12-25(29)28-24/h6-8,10-19H,2-5,9H2,1H3,(H,27,30). The number of nitrogens with one attached hydrogen (secondary N) is 1. The van der Waals surface area contributed by atoms with Crippen molar-refractivity contribution in [3.8, 4) is 11.3 Å². The summed E-state index contributed by atoms with van der Waals surface area (Å²) < 4.78 is 1.99. The van der Waals surface area contributed by atoms with E-state index in [-0.39, 0.29) is 5.91 Å². The van der Waals surface area contributed by atoms with E-state index in [2.05, 4.69) is 29.4 Å². The van der Waals surface area contributed by atoms with E-state index in [1.54, 1.807) is 0 Å². The Morgan fingerprint density at radius 3 is 2.63 bits per heavy atom. The van der Waals surface area contributed by atoms with Crippen molar-refractivity contribution < 1.29 is 4.79 Å². The maximum atomic E-state index is 12.7. The molecule has 0 aliphatic carbocycles. The number of nitrogens with zero attached hydrogens (tertiary/aromatic N) is 2. The molecule has 0 spiro atoms. The first kappa shape index (κ1) is 19.9. The number of hydrogen-bond donors (Lipinski definition) is 1. The molecule has 2 aromatic heterocycles. The lowest BCUT2D eigenvalue weighted by molar-refractivity contribution is 0.102. The summed E-state index contributed by atoms with van der Waals surface area (Å²) in [7, 11) is 0. The van der Waals surface area contributed by atoms with Gasteiger partial charge in [-0.25, -0.2) is 4.98 Å². The van der Waals surface area contributed by atoms with Crippen molar-refractivity contribution in [2.75, 3.05) is 5.32 Å². The highest BCUT2D eigenvalue weighted by Gasteiger charge is 2.09. The Labute approximate surface area is 177 Å². The van der Waals surface area contributed by atoms with E-state index in [1.807, 2.05) is 71.4 Å². The summed E-state index contributed by atoms with van der Waals surface area (Å²) in [6.45, 7) is 2.22. The van der Waals surface area contributed by atoms with Crippen molar-refractivity contribution in [1.82, 2.24) is 9.38 Å². The third kappa shape index (κ3) is 4.77. The molecule has 0 saturated carbocycles. The molecule has 4 aromatic rings. The molecule has 4 nitrogen and oxygen atoms in total. The normalized spacial score (nSPS) is 11.0. The zero-order valence-corrected chi connectivity index (χ0v) is 17.3. The van der Waals surface area contributed by atoms with Gasteiger partial charge in [0.05, 0.1) is 5.69 Å². The molecule has 2 heterocycles. The molecular weight excluding hydrogens is 370 g/mol. The number of imidazole rings is 1.